The maximum absolute atomic E-state index is 12.9. The number of hydrogen-bond acceptors (Lipinski definition) is 2. The molecule has 106 valence electrons. The molecule has 0 aliphatic rings. The first-order chi connectivity index (χ1) is 8.82. The standard InChI is InChI=1S/C15H23FN2O/c1-9(2)13(10(3)4)14(15(17)19)18-12-7-5-11(16)6-8-12/h5-10,13-14,18H,1-4H3,(H2,17,19). The van der Waals surface area contributed by atoms with Crippen molar-refractivity contribution in [3.63, 3.8) is 0 Å². The minimum atomic E-state index is -0.453. The van der Waals surface area contributed by atoms with Crippen LogP contribution < -0.4 is 11.1 Å². The fraction of sp³-hybridized carbons (Fsp3) is 0.533. The number of carbonyl (C=O) groups excluding carboxylic acids is 1. The molecule has 0 radical (unpaired) electrons. The Morgan fingerprint density at radius 3 is 1.95 bits per heavy atom. The Bertz CT molecular complexity index is 407. The predicted octanol–water partition coefficient (Wildman–Crippen LogP) is 3.02. The average Bonchev–Trinajstić information content (AvgIpc) is 2.29. The Labute approximate surface area is 114 Å². The van der Waals surface area contributed by atoms with Crippen LogP contribution in [0.25, 0.3) is 0 Å². The molecule has 1 aromatic carbocycles. The van der Waals surface area contributed by atoms with E-state index in [0.717, 1.165) is 0 Å². The Hall–Kier alpha value is -1.58. The van der Waals surface area contributed by atoms with Crippen LogP contribution in [0.5, 0.6) is 0 Å². The van der Waals surface area contributed by atoms with Gasteiger partial charge in [-0.05, 0) is 42.0 Å². The van der Waals surface area contributed by atoms with Gasteiger partial charge in [0.2, 0.25) is 5.91 Å². The minimum absolute atomic E-state index is 0.127. The Kier molecular flexibility index (Phi) is 5.33. The van der Waals surface area contributed by atoms with Crippen molar-refractivity contribution < 1.29 is 9.18 Å². The van der Waals surface area contributed by atoms with Crippen LogP contribution in [0.1, 0.15) is 27.7 Å². The second-order valence-electron chi connectivity index (χ2n) is 5.60. The number of halogens is 1. The summed E-state index contributed by atoms with van der Waals surface area (Å²) in [5.41, 5.74) is 6.22. The summed E-state index contributed by atoms with van der Waals surface area (Å²) >= 11 is 0. The summed E-state index contributed by atoms with van der Waals surface area (Å²) in [6, 6.07) is 5.50. The van der Waals surface area contributed by atoms with Gasteiger partial charge in [-0.25, -0.2) is 4.39 Å². The highest BCUT2D eigenvalue weighted by Crippen LogP contribution is 2.26. The SMILES string of the molecule is CC(C)C(C(C)C)C(Nc1ccc(F)cc1)C(N)=O. The summed E-state index contributed by atoms with van der Waals surface area (Å²) in [4.78, 5) is 11.7. The van der Waals surface area contributed by atoms with E-state index < -0.39 is 6.04 Å². The van der Waals surface area contributed by atoms with Gasteiger partial charge in [0.05, 0.1) is 0 Å². The first kappa shape index (κ1) is 15.5. The molecule has 1 aromatic rings. The monoisotopic (exact) mass is 266 g/mol. The molecule has 0 aromatic heterocycles. The highest BCUT2D eigenvalue weighted by Gasteiger charge is 2.31. The van der Waals surface area contributed by atoms with E-state index in [0.29, 0.717) is 17.5 Å². The molecule has 0 heterocycles. The second-order valence-corrected chi connectivity index (χ2v) is 5.60. The number of carbonyl (C=O) groups is 1. The summed E-state index contributed by atoms with van der Waals surface area (Å²) in [5, 5.41) is 3.13. The van der Waals surface area contributed by atoms with E-state index in [1.54, 1.807) is 12.1 Å². The minimum Gasteiger partial charge on any atom is -0.373 e. The molecule has 3 nitrogen and oxygen atoms in total. The first-order valence-electron chi connectivity index (χ1n) is 6.64. The molecule has 0 bridgehead atoms. The van der Waals surface area contributed by atoms with E-state index in [-0.39, 0.29) is 17.6 Å². The van der Waals surface area contributed by atoms with Crippen LogP contribution >= 0.6 is 0 Å². The zero-order valence-electron chi connectivity index (χ0n) is 12.0. The molecule has 1 atom stereocenters. The van der Waals surface area contributed by atoms with Crippen molar-refractivity contribution >= 4 is 11.6 Å². The fourth-order valence-electron chi connectivity index (χ4n) is 2.62. The quantitative estimate of drug-likeness (QED) is 0.831. The molecule has 0 spiro atoms. The third kappa shape index (κ3) is 4.23. The van der Waals surface area contributed by atoms with Gasteiger partial charge >= 0.3 is 0 Å². The maximum atomic E-state index is 12.9. The van der Waals surface area contributed by atoms with Gasteiger partial charge in [0.25, 0.3) is 0 Å². The summed E-state index contributed by atoms with van der Waals surface area (Å²) in [7, 11) is 0. The summed E-state index contributed by atoms with van der Waals surface area (Å²) in [5.74, 6) is 0.0978. The number of nitrogens with two attached hydrogens (primary N) is 1. The van der Waals surface area contributed by atoms with Gasteiger partial charge in [0.15, 0.2) is 0 Å². The van der Waals surface area contributed by atoms with E-state index >= 15 is 0 Å². The molecule has 4 heteroatoms. The Balaban J connectivity index is 2.94. The van der Waals surface area contributed by atoms with Gasteiger partial charge in [-0.3, -0.25) is 4.79 Å². The van der Waals surface area contributed by atoms with E-state index in [1.807, 2.05) is 0 Å². The molecule has 1 unspecified atom stereocenters. The lowest BCUT2D eigenvalue weighted by atomic mass is 9.79. The average molecular weight is 266 g/mol. The van der Waals surface area contributed by atoms with Crippen LogP contribution in [0.3, 0.4) is 0 Å². The van der Waals surface area contributed by atoms with E-state index in [1.165, 1.54) is 12.1 Å². The van der Waals surface area contributed by atoms with Gasteiger partial charge in [-0.2, -0.15) is 0 Å². The fourth-order valence-corrected chi connectivity index (χ4v) is 2.62. The van der Waals surface area contributed by atoms with Crippen molar-refractivity contribution in [2.24, 2.45) is 23.5 Å². The molecule has 1 rings (SSSR count). The van der Waals surface area contributed by atoms with Gasteiger partial charge in [-0.15, -0.1) is 0 Å². The lowest BCUT2D eigenvalue weighted by Crippen LogP contribution is -2.45. The molecule has 0 saturated heterocycles. The lowest BCUT2D eigenvalue weighted by Gasteiger charge is -2.32. The van der Waals surface area contributed by atoms with Gasteiger partial charge in [0.1, 0.15) is 11.9 Å². The Morgan fingerprint density at radius 2 is 1.58 bits per heavy atom. The van der Waals surface area contributed by atoms with E-state index in [2.05, 4.69) is 33.0 Å². The van der Waals surface area contributed by atoms with E-state index in [4.69, 9.17) is 5.73 Å². The van der Waals surface area contributed by atoms with Crippen molar-refractivity contribution in [3.05, 3.63) is 30.1 Å². The molecule has 0 fully saturated rings. The topological polar surface area (TPSA) is 55.1 Å². The number of amides is 1. The zero-order chi connectivity index (χ0) is 14.6. The molecular formula is C15H23FN2O. The maximum Gasteiger partial charge on any atom is 0.240 e. The zero-order valence-corrected chi connectivity index (χ0v) is 12.0. The number of benzene rings is 1. The lowest BCUT2D eigenvalue weighted by molar-refractivity contribution is -0.120. The third-order valence-electron chi connectivity index (χ3n) is 3.40. The molecule has 0 aliphatic heterocycles. The van der Waals surface area contributed by atoms with Crippen LogP contribution in [-0.2, 0) is 4.79 Å². The normalized spacial score (nSPS) is 13.1. The Morgan fingerprint density at radius 1 is 1.11 bits per heavy atom. The van der Waals surface area contributed by atoms with Crippen molar-refractivity contribution in [1.29, 1.82) is 0 Å². The molecule has 3 N–H and O–H groups in total. The molecule has 0 aliphatic carbocycles. The van der Waals surface area contributed by atoms with Crippen molar-refractivity contribution in [3.8, 4) is 0 Å². The van der Waals surface area contributed by atoms with Crippen LogP contribution in [0, 0.1) is 23.6 Å². The van der Waals surface area contributed by atoms with E-state index in [9.17, 15) is 9.18 Å². The largest absolute Gasteiger partial charge is 0.373 e. The smallest absolute Gasteiger partial charge is 0.240 e. The van der Waals surface area contributed by atoms with Crippen LogP contribution in [0.4, 0.5) is 10.1 Å². The number of hydrogen-bond donors (Lipinski definition) is 2. The summed E-state index contributed by atoms with van der Waals surface area (Å²) in [6.45, 7) is 8.31. The molecule has 19 heavy (non-hydrogen) atoms. The second kappa shape index (κ2) is 6.55. The third-order valence-corrected chi connectivity index (χ3v) is 3.40. The van der Waals surface area contributed by atoms with Gasteiger partial charge < -0.3 is 11.1 Å². The molecular weight excluding hydrogens is 243 g/mol. The summed E-state index contributed by atoms with van der Waals surface area (Å²) in [6.07, 6.45) is 0. The molecule has 1 amide bonds. The number of nitrogens with one attached hydrogen (secondary N) is 1. The van der Waals surface area contributed by atoms with Crippen LogP contribution in [0.15, 0.2) is 24.3 Å². The molecule has 0 saturated carbocycles. The van der Waals surface area contributed by atoms with Crippen molar-refractivity contribution in [2.75, 3.05) is 5.32 Å². The van der Waals surface area contributed by atoms with Crippen molar-refractivity contribution in [2.45, 2.75) is 33.7 Å². The van der Waals surface area contributed by atoms with Crippen molar-refractivity contribution in [1.82, 2.24) is 0 Å². The highest BCUT2D eigenvalue weighted by atomic mass is 19.1. The predicted molar refractivity (Wildman–Crippen MR) is 76.2 cm³/mol. The number of anilines is 1. The van der Waals surface area contributed by atoms with Gasteiger partial charge in [0, 0.05) is 5.69 Å². The number of primary amides is 1. The number of rotatable bonds is 6. The highest BCUT2D eigenvalue weighted by molar-refractivity contribution is 5.83. The van der Waals surface area contributed by atoms with Crippen LogP contribution in [-0.4, -0.2) is 11.9 Å². The van der Waals surface area contributed by atoms with Crippen LogP contribution in [0.2, 0.25) is 0 Å². The first-order valence-corrected chi connectivity index (χ1v) is 6.64. The van der Waals surface area contributed by atoms with Gasteiger partial charge in [-0.1, -0.05) is 27.7 Å². The summed E-state index contributed by atoms with van der Waals surface area (Å²) < 4.78 is 12.9.